The van der Waals surface area contributed by atoms with Crippen LogP contribution in [0.1, 0.15) is 32.3 Å². The molecule has 0 aliphatic carbocycles. The molecule has 2 heterocycles. The van der Waals surface area contributed by atoms with Crippen LogP contribution >= 0.6 is 0 Å². The minimum Gasteiger partial charge on any atom is -0.365 e. The number of carbonyl (C=O) groups is 1. The Kier molecular flexibility index (Phi) is 3.66. The third kappa shape index (κ3) is 2.52. The summed E-state index contributed by atoms with van der Waals surface area (Å²) in [7, 11) is 0. The van der Waals surface area contributed by atoms with Gasteiger partial charge in [0.2, 0.25) is 5.91 Å². The molecular formula is C16H23N3O. The third-order valence-corrected chi connectivity index (χ3v) is 4.38. The Bertz CT molecular complexity index is 508. The minimum absolute atomic E-state index is 0.00980. The smallest absolute Gasteiger partial charge is 0.221 e. The van der Waals surface area contributed by atoms with Gasteiger partial charge in [0.15, 0.2) is 0 Å². The number of rotatable bonds is 2. The van der Waals surface area contributed by atoms with Gasteiger partial charge in [-0.1, -0.05) is 6.07 Å². The lowest BCUT2D eigenvalue weighted by molar-refractivity contribution is -0.114. The first-order chi connectivity index (χ1) is 9.65. The molecule has 1 fully saturated rings. The van der Waals surface area contributed by atoms with Gasteiger partial charge in [0.05, 0.1) is 0 Å². The summed E-state index contributed by atoms with van der Waals surface area (Å²) in [4.78, 5) is 13.8. The molecule has 2 N–H and O–H groups in total. The molecule has 1 aromatic carbocycles. The normalized spacial score (nSPS) is 22.7. The first-order valence-electron chi connectivity index (χ1n) is 7.54. The molecule has 4 nitrogen and oxygen atoms in total. The number of anilines is 2. The Balaban J connectivity index is 1.88. The number of benzene rings is 1. The van der Waals surface area contributed by atoms with Crippen molar-refractivity contribution >= 4 is 17.3 Å². The van der Waals surface area contributed by atoms with E-state index in [0.29, 0.717) is 12.1 Å². The highest BCUT2D eigenvalue weighted by Crippen LogP contribution is 2.37. The van der Waals surface area contributed by atoms with E-state index in [0.717, 1.165) is 25.2 Å². The average Bonchev–Trinajstić information content (AvgIpc) is 2.74. The van der Waals surface area contributed by atoms with E-state index in [1.165, 1.54) is 24.1 Å². The van der Waals surface area contributed by atoms with Crippen LogP contribution in [0.25, 0.3) is 0 Å². The topological polar surface area (TPSA) is 44.4 Å². The summed E-state index contributed by atoms with van der Waals surface area (Å²) < 4.78 is 0. The van der Waals surface area contributed by atoms with Crippen molar-refractivity contribution in [3.05, 3.63) is 23.8 Å². The SMILES string of the molecule is CC(=O)Nc1ccc2c(c1)N(C1CCNCC1)C(C)C2. The van der Waals surface area contributed by atoms with E-state index in [1.54, 1.807) is 6.92 Å². The van der Waals surface area contributed by atoms with Gasteiger partial charge >= 0.3 is 0 Å². The van der Waals surface area contributed by atoms with Gasteiger partial charge in [0.25, 0.3) is 0 Å². The maximum Gasteiger partial charge on any atom is 0.221 e. The van der Waals surface area contributed by atoms with Gasteiger partial charge in [-0.15, -0.1) is 0 Å². The van der Waals surface area contributed by atoms with Crippen molar-refractivity contribution in [1.29, 1.82) is 0 Å². The number of nitrogens with one attached hydrogen (secondary N) is 2. The number of amides is 1. The quantitative estimate of drug-likeness (QED) is 0.868. The molecule has 2 aliphatic rings. The zero-order chi connectivity index (χ0) is 14.1. The molecule has 1 aromatic rings. The summed E-state index contributed by atoms with van der Waals surface area (Å²) in [6, 6.07) is 7.50. The predicted molar refractivity (Wildman–Crippen MR) is 82.3 cm³/mol. The molecule has 0 spiro atoms. The average molecular weight is 273 g/mol. The molecule has 20 heavy (non-hydrogen) atoms. The molecule has 0 aromatic heterocycles. The van der Waals surface area contributed by atoms with E-state index in [2.05, 4.69) is 34.6 Å². The van der Waals surface area contributed by atoms with Crippen LogP contribution in [-0.2, 0) is 11.2 Å². The molecule has 3 rings (SSSR count). The number of piperidine rings is 1. The van der Waals surface area contributed by atoms with Gasteiger partial charge in [0, 0.05) is 30.4 Å². The van der Waals surface area contributed by atoms with Gasteiger partial charge in [-0.2, -0.15) is 0 Å². The van der Waals surface area contributed by atoms with E-state index >= 15 is 0 Å². The predicted octanol–water partition coefficient (Wildman–Crippen LogP) is 2.15. The first-order valence-corrected chi connectivity index (χ1v) is 7.54. The molecule has 1 saturated heterocycles. The molecule has 1 unspecified atom stereocenters. The van der Waals surface area contributed by atoms with Crippen LogP contribution in [-0.4, -0.2) is 31.1 Å². The zero-order valence-corrected chi connectivity index (χ0v) is 12.3. The molecule has 4 heteroatoms. The van der Waals surface area contributed by atoms with Crippen LogP contribution in [0.3, 0.4) is 0 Å². The Hall–Kier alpha value is -1.55. The van der Waals surface area contributed by atoms with Crippen LogP contribution < -0.4 is 15.5 Å². The number of carbonyl (C=O) groups excluding carboxylic acids is 1. The number of hydrogen-bond acceptors (Lipinski definition) is 3. The molecule has 108 valence electrons. The second-order valence-electron chi connectivity index (χ2n) is 5.97. The van der Waals surface area contributed by atoms with E-state index in [4.69, 9.17) is 0 Å². The number of fused-ring (bicyclic) bond motifs is 1. The summed E-state index contributed by atoms with van der Waals surface area (Å²) in [6.07, 6.45) is 3.52. The lowest BCUT2D eigenvalue weighted by Crippen LogP contribution is -2.45. The third-order valence-electron chi connectivity index (χ3n) is 4.38. The number of hydrogen-bond donors (Lipinski definition) is 2. The summed E-state index contributed by atoms with van der Waals surface area (Å²) in [5, 5.41) is 6.33. The number of nitrogens with zero attached hydrogens (tertiary/aromatic N) is 1. The molecule has 1 amide bonds. The maximum absolute atomic E-state index is 11.2. The maximum atomic E-state index is 11.2. The van der Waals surface area contributed by atoms with E-state index < -0.39 is 0 Å². The summed E-state index contributed by atoms with van der Waals surface area (Å²) in [5.41, 5.74) is 3.63. The van der Waals surface area contributed by atoms with Gasteiger partial charge in [-0.05, 0) is 57.0 Å². The van der Waals surface area contributed by atoms with Crippen molar-refractivity contribution in [3.63, 3.8) is 0 Å². The molecule has 2 aliphatic heterocycles. The van der Waals surface area contributed by atoms with Gasteiger partial charge < -0.3 is 15.5 Å². The fourth-order valence-corrected chi connectivity index (χ4v) is 3.55. The largest absolute Gasteiger partial charge is 0.365 e. The Morgan fingerprint density at radius 3 is 2.80 bits per heavy atom. The first kappa shape index (κ1) is 13.4. The van der Waals surface area contributed by atoms with Crippen molar-refractivity contribution in [3.8, 4) is 0 Å². The summed E-state index contributed by atoms with van der Waals surface area (Å²) in [6.45, 7) is 6.07. The van der Waals surface area contributed by atoms with Crippen molar-refractivity contribution in [2.45, 2.75) is 45.2 Å². The van der Waals surface area contributed by atoms with Gasteiger partial charge in [-0.3, -0.25) is 4.79 Å². The zero-order valence-electron chi connectivity index (χ0n) is 12.3. The van der Waals surface area contributed by atoms with Gasteiger partial charge in [0.1, 0.15) is 0 Å². The lowest BCUT2D eigenvalue weighted by atomic mass is 10.0. The van der Waals surface area contributed by atoms with Crippen molar-refractivity contribution in [2.75, 3.05) is 23.3 Å². The van der Waals surface area contributed by atoms with Gasteiger partial charge in [-0.25, -0.2) is 0 Å². The minimum atomic E-state index is -0.00980. The Morgan fingerprint density at radius 2 is 2.10 bits per heavy atom. The van der Waals surface area contributed by atoms with Crippen LogP contribution in [0.15, 0.2) is 18.2 Å². The Morgan fingerprint density at radius 1 is 1.35 bits per heavy atom. The van der Waals surface area contributed by atoms with E-state index in [9.17, 15) is 4.79 Å². The van der Waals surface area contributed by atoms with Crippen LogP contribution in [0.4, 0.5) is 11.4 Å². The van der Waals surface area contributed by atoms with E-state index in [-0.39, 0.29) is 5.91 Å². The molecule has 0 bridgehead atoms. The van der Waals surface area contributed by atoms with Crippen molar-refractivity contribution < 1.29 is 4.79 Å². The highest BCUT2D eigenvalue weighted by atomic mass is 16.1. The Labute approximate surface area is 120 Å². The molecule has 0 radical (unpaired) electrons. The van der Waals surface area contributed by atoms with Crippen molar-refractivity contribution in [2.24, 2.45) is 0 Å². The summed E-state index contributed by atoms with van der Waals surface area (Å²) in [5.74, 6) is -0.00980. The summed E-state index contributed by atoms with van der Waals surface area (Å²) >= 11 is 0. The monoisotopic (exact) mass is 273 g/mol. The van der Waals surface area contributed by atoms with Crippen molar-refractivity contribution in [1.82, 2.24) is 5.32 Å². The van der Waals surface area contributed by atoms with E-state index in [1.807, 2.05) is 6.07 Å². The fraction of sp³-hybridized carbons (Fsp3) is 0.562. The molecule has 1 atom stereocenters. The van der Waals surface area contributed by atoms with Crippen LogP contribution in [0.2, 0.25) is 0 Å². The lowest BCUT2D eigenvalue weighted by Gasteiger charge is -2.37. The van der Waals surface area contributed by atoms with Crippen LogP contribution in [0.5, 0.6) is 0 Å². The highest BCUT2D eigenvalue weighted by molar-refractivity contribution is 5.89. The highest BCUT2D eigenvalue weighted by Gasteiger charge is 2.32. The van der Waals surface area contributed by atoms with Crippen LogP contribution in [0, 0.1) is 0 Å². The molecular weight excluding hydrogens is 250 g/mol. The molecule has 0 saturated carbocycles. The standard InChI is InChI=1S/C16H23N3O/c1-11-9-13-3-4-14(18-12(2)20)10-16(13)19(11)15-5-7-17-8-6-15/h3-4,10-11,15,17H,5-9H2,1-2H3,(H,18,20). The second kappa shape index (κ2) is 5.44. The fourth-order valence-electron chi connectivity index (χ4n) is 3.55. The second-order valence-corrected chi connectivity index (χ2v) is 5.97.